The second-order valence-electron chi connectivity index (χ2n) is 6.94. The van der Waals surface area contributed by atoms with Crippen LogP contribution in [0, 0.1) is 0 Å². The van der Waals surface area contributed by atoms with Crippen molar-refractivity contribution in [1.29, 1.82) is 0 Å². The standard InChI is InChI=1S/C20H35N3O/c1-5-11-22(12-6-2)16-20(23-13-10-21-17(3)15-23)18-8-7-9-19(14-18)24-4/h7-9,14,17,20-21H,5-6,10-13,15-16H2,1-4H3. The fraction of sp³-hybridized carbons (Fsp3) is 0.700. The minimum Gasteiger partial charge on any atom is -0.497 e. The second-order valence-corrected chi connectivity index (χ2v) is 6.94. The first-order chi connectivity index (χ1) is 11.7. The number of nitrogens with one attached hydrogen (secondary N) is 1. The van der Waals surface area contributed by atoms with E-state index in [1.54, 1.807) is 7.11 Å². The van der Waals surface area contributed by atoms with Gasteiger partial charge in [0, 0.05) is 38.3 Å². The van der Waals surface area contributed by atoms with Gasteiger partial charge in [-0.1, -0.05) is 26.0 Å². The van der Waals surface area contributed by atoms with Gasteiger partial charge in [-0.05, 0) is 50.6 Å². The van der Waals surface area contributed by atoms with E-state index in [4.69, 9.17) is 4.74 Å². The molecule has 1 fully saturated rings. The second kappa shape index (κ2) is 10.0. The van der Waals surface area contributed by atoms with Gasteiger partial charge in [0.1, 0.15) is 5.75 Å². The summed E-state index contributed by atoms with van der Waals surface area (Å²) in [6, 6.07) is 9.62. The van der Waals surface area contributed by atoms with Crippen LogP contribution in [0.3, 0.4) is 0 Å². The van der Waals surface area contributed by atoms with Crippen molar-refractivity contribution >= 4 is 0 Å². The molecule has 1 saturated heterocycles. The largest absolute Gasteiger partial charge is 0.497 e. The van der Waals surface area contributed by atoms with Gasteiger partial charge in [-0.25, -0.2) is 0 Å². The van der Waals surface area contributed by atoms with E-state index >= 15 is 0 Å². The molecule has 0 radical (unpaired) electrons. The first kappa shape index (κ1) is 19.2. The molecule has 24 heavy (non-hydrogen) atoms. The SMILES string of the molecule is CCCN(CCC)CC(c1cccc(OC)c1)N1CCNC(C)C1. The predicted molar refractivity (Wildman–Crippen MR) is 102 cm³/mol. The summed E-state index contributed by atoms with van der Waals surface area (Å²) >= 11 is 0. The van der Waals surface area contributed by atoms with Crippen molar-refractivity contribution in [2.75, 3.05) is 46.4 Å². The van der Waals surface area contributed by atoms with Crippen molar-refractivity contribution in [1.82, 2.24) is 15.1 Å². The van der Waals surface area contributed by atoms with E-state index in [9.17, 15) is 0 Å². The molecular weight excluding hydrogens is 298 g/mol. The van der Waals surface area contributed by atoms with E-state index in [0.29, 0.717) is 12.1 Å². The average molecular weight is 334 g/mol. The molecule has 4 heteroatoms. The third kappa shape index (κ3) is 5.47. The Morgan fingerprint density at radius 1 is 1.29 bits per heavy atom. The van der Waals surface area contributed by atoms with Gasteiger partial charge in [0.2, 0.25) is 0 Å². The average Bonchev–Trinajstić information content (AvgIpc) is 2.60. The number of methoxy groups -OCH3 is 1. The van der Waals surface area contributed by atoms with E-state index in [1.165, 1.54) is 31.5 Å². The Bertz CT molecular complexity index is 474. The normalized spacial score (nSPS) is 20.3. The number of hydrogen-bond acceptors (Lipinski definition) is 4. The van der Waals surface area contributed by atoms with Gasteiger partial charge in [0.15, 0.2) is 0 Å². The number of benzene rings is 1. The lowest BCUT2D eigenvalue weighted by Gasteiger charge is -2.40. The quantitative estimate of drug-likeness (QED) is 0.751. The maximum Gasteiger partial charge on any atom is 0.119 e. The number of piperazine rings is 1. The molecule has 0 aliphatic carbocycles. The van der Waals surface area contributed by atoms with Crippen LogP contribution in [0.4, 0.5) is 0 Å². The Labute approximate surface area is 148 Å². The van der Waals surface area contributed by atoms with Crippen LogP contribution in [-0.2, 0) is 0 Å². The van der Waals surface area contributed by atoms with Crippen LogP contribution in [-0.4, -0.2) is 62.2 Å². The van der Waals surface area contributed by atoms with Gasteiger partial charge >= 0.3 is 0 Å². The lowest BCUT2D eigenvalue weighted by atomic mass is 10.0. The molecular formula is C20H35N3O. The van der Waals surface area contributed by atoms with Gasteiger partial charge in [0.25, 0.3) is 0 Å². The maximum atomic E-state index is 5.47. The van der Waals surface area contributed by atoms with Crippen molar-refractivity contribution in [2.24, 2.45) is 0 Å². The first-order valence-corrected chi connectivity index (χ1v) is 9.51. The number of ether oxygens (including phenoxy) is 1. The van der Waals surface area contributed by atoms with Crippen molar-refractivity contribution in [3.8, 4) is 5.75 Å². The molecule has 1 N–H and O–H groups in total. The van der Waals surface area contributed by atoms with E-state index in [0.717, 1.165) is 31.9 Å². The van der Waals surface area contributed by atoms with E-state index in [2.05, 4.69) is 54.1 Å². The summed E-state index contributed by atoms with van der Waals surface area (Å²) in [6.45, 7) is 13.6. The fourth-order valence-electron chi connectivity index (χ4n) is 3.70. The fourth-order valence-corrected chi connectivity index (χ4v) is 3.70. The molecule has 2 unspecified atom stereocenters. The van der Waals surface area contributed by atoms with E-state index in [-0.39, 0.29) is 0 Å². The lowest BCUT2D eigenvalue weighted by molar-refractivity contribution is 0.108. The molecule has 0 aromatic heterocycles. The Hall–Kier alpha value is -1.10. The van der Waals surface area contributed by atoms with Crippen LogP contribution in [0.25, 0.3) is 0 Å². The topological polar surface area (TPSA) is 27.7 Å². The molecule has 1 aliphatic heterocycles. The molecule has 1 heterocycles. The number of rotatable bonds is 9. The minimum absolute atomic E-state index is 0.433. The third-order valence-electron chi connectivity index (χ3n) is 4.83. The van der Waals surface area contributed by atoms with Gasteiger partial charge in [-0.15, -0.1) is 0 Å². The van der Waals surface area contributed by atoms with Crippen LogP contribution >= 0.6 is 0 Å². The highest BCUT2D eigenvalue weighted by molar-refractivity contribution is 5.31. The van der Waals surface area contributed by atoms with Crippen LogP contribution in [0.2, 0.25) is 0 Å². The molecule has 1 aromatic carbocycles. The number of hydrogen-bond donors (Lipinski definition) is 1. The lowest BCUT2D eigenvalue weighted by Crippen LogP contribution is -2.52. The third-order valence-corrected chi connectivity index (χ3v) is 4.83. The molecule has 2 rings (SSSR count). The Kier molecular flexibility index (Phi) is 8.03. The summed E-state index contributed by atoms with van der Waals surface area (Å²) in [5.74, 6) is 0.957. The van der Waals surface area contributed by atoms with Crippen molar-refractivity contribution in [2.45, 2.75) is 45.7 Å². The van der Waals surface area contributed by atoms with Gasteiger partial charge in [-0.3, -0.25) is 4.90 Å². The highest BCUT2D eigenvalue weighted by Crippen LogP contribution is 2.26. The summed E-state index contributed by atoms with van der Waals surface area (Å²) in [5, 5.41) is 3.56. The zero-order valence-corrected chi connectivity index (χ0v) is 15.9. The molecule has 0 saturated carbocycles. The van der Waals surface area contributed by atoms with Gasteiger partial charge in [0.05, 0.1) is 7.11 Å². The predicted octanol–water partition coefficient (Wildman–Crippen LogP) is 3.15. The zero-order valence-electron chi connectivity index (χ0n) is 15.9. The van der Waals surface area contributed by atoms with E-state index in [1.807, 2.05) is 6.07 Å². The monoisotopic (exact) mass is 333 g/mol. The van der Waals surface area contributed by atoms with Crippen LogP contribution < -0.4 is 10.1 Å². The summed E-state index contributed by atoms with van der Waals surface area (Å²) in [4.78, 5) is 5.27. The highest BCUT2D eigenvalue weighted by atomic mass is 16.5. The molecule has 4 nitrogen and oxygen atoms in total. The molecule has 136 valence electrons. The highest BCUT2D eigenvalue weighted by Gasteiger charge is 2.26. The van der Waals surface area contributed by atoms with Gasteiger partial charge < -0.3 is 15.0 Å². The van der Waals surface area contributed by atoms with Crippen molar-refractivity contribution in [3.63, 3.8) is 0 Å². The summed E-state index contributed by atoms with van der Waals surface area (Å²) < 4.78 is 5.47. The minimum atomic E-state index is 0.433. The Morgan fingerprint density at radius 3 is 2.67 bits per heavy atom. The molecule has 0 amide bonds. The summed E-state index contributed by atoms with van der Waals surface area (Å²) in [6.07, 6.45) is 2.42. The molecule has 2 atom stereocenters. The van der Waals surface area contributed by atoms with Crippen LogP contribution in [0.15, 0.2) is 24.3 Å². The summed E-state index contributed by atoms with van der Waals surface area (Å²) in [7, 11) is 1.75. The first-order valence-electron chi connectivity index (χ1n) is 9.51. The van der Waals surface area contributed by atoms with Crippen LogP contribution in [0.1, 0.15) is 45.2 Å². The van der Waals surface area contributed by atoms with Crippen LogP contribution in [0.5, 0.6) is 5.75 Å². The summed E-state index contributed by atoms with van der Waals surface area (Å²) in [5.41, 5.74) is 1.38. The maximum absolute atomic E-state index is 5.47. The molecule has 1 aromatic rings. The molecule has 0 bridgehead atoms. The molecule has 1 aliphatic rings. The van der Waals surface area contributed by atoms with E-state index < -0.39 is 0 Å². The van der Waals surface area contributed by atoms with Gasteiger partial charge in [-0.2, -0.15) is 0 Å². The smallest absolute Gasteiger partial charge is 0.119 e. The van der Waals surface area contributed by atoms with Crippen molar-refractivity contribution in [3.05, 3.63) is 29.8 Å². The number of nitrogens with zero attached hydrogens (tertiary/aromatic N) is 2. The Morgan fingerprint density at radius 2 is 2.04 bits per heavy atom. The molecule has 0 spiro atoms. The zero-order chi connectivity index (χ0) is 17.4. The van der Waals surface area contributed by atoms with Crippen molar-refractivity contribution < 1.29 is 4.74 Å². The Balaban J connectivity index is 2.22.